The van der Waals surface area contributed by atoms with Crippen molar-refractivity contribution in [3.8, 4) is 0 Å². The summed E-state index contributed by atoms with van der Waals surface area (Å²) in [7, 11) is 0. The zero-order chi connectivity index (χ0) is 18.2. The maximum atomic E-state index is 12.4. The normalized spacial score (nSPS) is 17.5. The molecule has 2 aromatic heterocycles. The number of nitrogens with one attached hydrogen (secondary N) is 2. The van der Waals surface area contributed by atoms with Gasteiger partial charge in [-0.2, -0.15) is 13.2 Å². The lowest BCUT2D eigenvalue weighted by atomic mass is 9.89. The number of H-pyrrole nitrogens is 1. The van der Waals surface area contributed by atoms with E-state index < -0.39 is 18.6 Å². The highest BCUT2D eigenvalue weighted by atomic mass is 32.2. The molecule has 0 spiro atoms. The summed E-state index contributed by atoms with van der Waals surface area (Å²) >= 11 is 2.40. The standard InChI is InChI=1S/C15H16F3N3O2S2/c1-7-2-3-8-9(4-7)25-13-11(8)12(23)20-14(21-13)24-5-10(22)19-6-15(16,17)18/h7H,2-6H2,1H3,(H,19,22)(H,20,21,23)/t7-/m1/s1. The second-order valence-electron chi connectivity index (χ2n) is 6.08. The fraction of sp³-hybridized carbons (Fsp3) is 0.533. The molecule has 10 heteroatoms. The van der Waals surface area contributed by atoms with E-state index in [2.05, 4.69) is 16.9 Å². The van der Waals surface area contributed by atoms with E-state index in [0.717, 1.165) is 36.6 Å². The molecule has 0 aromatic carbocycles. The highest BCUT2D eigenvalue weighted by molar-refractivity contribution is 7.99. The van der Waals surface area contributed by atoms with Gasteiger partial charge in [-0.3, -0.25) is 9.59 Å². The van der Waals surface area contributed by atoms with Crippen LogP contribution in [0.1, 0.15) is 23.8 Å². The molecular formula is C15H16F3N3O2S2. The van der Waals surface area contributed by atoms with Crippen molar-refractivity contribution in [3.05, 3.63) is 20.8 Å². The Kier molecular flexibility index (Phi) is 5.10. The molecule has 2 N–H and O–H groups in total. The molecule has 25 heavy (non-hydrogen) atoms. The first-order valence-corrected chi connectivity index (χ1v) is 9.54. The summed E-state index contributed by atoms with van der Waals surface area (Å²) in [6, 6.07) is 0. The van der Waals surface area contributed by atoms with Gasteiger partial charge in [0, 0.05) is 4.88 Å². The van der Waals surface area contributed by atoms with E-state index >= 15 is 0 Å². The second kappa shape index (κ2) is 6.99. The smallest absolute Gasteiger partial charge is 0.346 e. The molecule has 0 unspecified atom stereocenters. The molecule has 3 rings (SSSR count). The number of hydrogen-bond acceptors (Lipinski definition) is 5. The fourth-order valence-corrected chi connectivity index (χ4v) is 4.91. The molecule has 136 valence electrons. The molecule has 1 aliphatic carbocycles. The number of amides is 1. The molecule has 0 saturated carbocycles. The molecule has 0 radical (unpaired) electrons. The van der Waals surface area contributed by atoms with Crippen molar-refractivity contribution in [2.24, 2.45) is 5.92 Å². The van der Waals surface area contributed by atoms with Gasteiger partial charge in [-0.25, -0.2) is 4.98 Å². The average Bonchev–Trinajstić information content (AvgIpc) is 2.87. The SMILES string of the molecule is C[C@@H]1CCc2c(sc3nc(SCC(=O)NCC(F)(F)F)[nH]c(=O)c23)C1. The lowest BCUT2D eigenvalue weighted by Crippen LogP contribution is -2.34. The maximum Gasteiger partial charge on any atom is 0.405 e. The Bertz CT molecular complexity index is 860. The zero-order valence-corrected chi connectivity index (χ0v) is 15.0. The fourth-order valence-electron chi connectivity index (χ4n) is 2.78. The number of halogens is 3. The van der Waals surface area contributed by atoms with Crippen molar-refractivity contribution in [3.63, 3.8) is 0 Å². The van der Waals surface area contributed by atoms with Gasteiger partial charge < -0.3 is 10.3 Å². The van der Waals surface area contributed by atoms with E-state index in [0.29, 0.717) is 16.1 Å². The van der Waals surface area contributed by atoms with Crippen molar-refractivity contribution in [1.29, 1.82) is 0 Å². The Hall–Kier alpha value is -1.55. The third kappa shape index (κ3) is 4.35. The summed E-state index contributed by atoms with van der Waals surface area (Å²) in [5, 5.41) is 2.64. The van der Waals surface area contributed by atoms with Crippen LogP contribution in [-0.4, -0.2) is 34.3 Å². The second-order valence-corrected chi connectivity index (χ2v) is 8.13. The first-order chi connectivity index (χ1) is 11.7. The molecule has 2 aromatic rings. The number of thiophene rings is 1. The number of aryl methyl sites for hydroxylation is 1. The Morgan fingerprint density at radius 1 is 1.48 bits per heavy atom. The summed E-state index contributed by atoms with van der Waals surface area (Å²) < 4.78 is 36.2. The van der Waals surface area contributed by atoms with E-state index in [4.69, 9.17) is 0 Å². The number of alkyl halides is 3. The molecule has 0 fully saturated rings. The predicted molar refractivity (Wildman–Crippen MR) is 91.2 cm³/mol. The number of rotatable bonds is 4. The van der Waals surface area contributed by atoms with Gasteiger partial charge in [0.15, 0.2) is 5.16 Å². The van der Waals surface area contributed by atoms with Crippen molar-refractivity contribution in [2.75, 3.05) is 12.3 Å². The van der Waals surface area contributed by atoms with Crippen LogP contribution >= 0.6 is 23.1 Å². The highest BCUT2D eigenvalue weighted by Crippen LogP contribution is 2.36. The van der Waals surface area contributed by atoms with Gasteiger partial charge in [0.25, 0.3) is 5.56 Å². The third-order valence-electron chi connectivity index (χ3n) is 3.97. The maximum absolute atomic E-state index is 12.4. The Labute approximate surface area is 149 Å². The molecule has 1 atom stereocenters. The minimum Gasteiger partial charge on any atom is -0.346 e. The van der Waals surface area contributed by atoms with Crippen LogP contribution in [0, 0.1) is 5.92 Å². The van der Waals surface area contributed by atoms with Crippen LogP contribution in [-0.2, 0) is 17.6 Å². The number of carbonyl (C=O) groups excluding carboxylic acids is 1. The number of hydrogen-bond donors (Lipinski definition) is 2. The van der Waals surface area contributed by atoms with E-state index in [-0.39, 0.29) is 16.5 Å². The topological polar surface area (TPSA) is 74.8 Å². The number of fused-ring (bicyclic) bond motifs is 3. The minimum absolute atomic E-state index is 0.242. The summed E-state index contributed by atoms with van der Waals surface area (Å²) in [6.45, 7) is 0.803. The summed E-state index contributed by atoms with van der Waals surface area (Å²) in [5.41, 5.74) is 0.807. The first kappa shape index (κ1) is 18.2. The number of thioether (sulfide) groups is 1. The highest BCUT2D eigenvalue weighted by Gasteiger charge is 2.28. The van der Waals surface area contributed by atoms with E-state index in [1.54, 1.807) is 5.32 Å². The third-order valence-corrected chi connectivity index (χ3v) is 5.99. The van der Waals surface area contributed by atoms with Crippen LogP contribution in [0.2, 0.25) is 0 Å². The van der Waals surface area contributed by atoms with E-state index in [9.17, 15) is 22.8 Å². The molecule has 5 nitrogen and oxygen atoms in total. The molecule has 1 amide bonds. The van der Waals surface area contributed by atoms with Crippen molar-refractivity contribution >= 4 is 39.2 Å². The average molecular weight is 391 g/mol. The van der Waals surface area contributed by atoms with E-state index in [1.165, 1.54) is 16.2 Å². The van der Waals surface area contributed by atoms with Crippen LogP contribution in [0.4, 0.5) is 13.2 Å². The number of aromatic amines is 1. The lowest BCUT2D eigenvalue weighted by Gasteiger charge is -2.17. The van der Waals surface area contributed by atoms with Crippen molar-refractivity contribution < 1.29 is 18.0 Å². The van der Waals surface area contributed by atoms with Gasteiger partial charge in [-0.05, 0) is 30.7 Å². The minimum atomic E-state index is -4.45. The molecular weight excluding hydrogens is 375 g/mol. The van der Waals surface area contributed by atoms with Gasteiger partial charge in [0.05, 0.1) is 11.1 Å². The summed E-state index contributed by atoms with van der Waals surface area (Å²) in [5.74, 6) is -0.428. The summed E-state index contributed by atoms with van der Waals surface area (Å²) in [4.78, 5) is 32.6. The molecule has 0 saturated heterocycles. The number of nitrogens with zero attached hydrogens (tertiary/aromatic N) is 1. The lowest BCUT2D eigenvalue weighted by molar-refractivity contribution is -0.136. The zero-order valence-electron chi connectivity index (χ0n) is 13.3. The summed E-state index contributed by atoms with van der Waals surface area (Å²) in [6.07, 6.45) is -1.63. The van der Waals surface area contributed by atoms with Crippen LogP contribution in [0.3, 0.4) is 0 Å². The number of carbonyl (C=O) groups is 1. The van der Waals surface area contributed by atoms with Gasteiger partial charge in [-0.1, -0.05) is 18.7 Å². The largest absolute Gasteiger partial charge is 0.405 e. The first-order valence-electron chi connectivity index (χ1n) is 7.74. The van der Waals surface area contributed by atoms with Gasteiger partial charge in [0.2, 0.25) is 5.91 Å². The number of aromatic nitrogens is 2. The van der Waals surface area contributed by atoms with Crippen LogP contribution < -0.4 is 10.9 Å². The van der Waals surface area contributed by atoms with Crippen molar-refractivity contribution in [2.45, 2.75) is 37.5 Å². The van der Waals surface area contributed by atoms with Crippen LogP contribution in [0.15, 0.2) is 9.95 Å². The Morgan fingerprint density at radius 2 is 2.24 bits per heavy atom. The van der Waals surface area contributed by atoms with E-state index in [1.807, 2.05) is 0 Å². The monoisotopic (exact) mass is 391 g/mol. The molecule has 1 aliphatic rings. The Balaban J connectivity index is 1.73. The molecule has 2 heterocycles. The van der Waals surface area contributed by atoms with Gasteiger partial charge >= 0.3 is 6.18 Å². The van der Waals surface area contributed by atoms with Crippen LogP contribution in [0.5, 0.6) is 0 Å². The van der Waals surface area contributed by atoms with Gasteiger partial charge in [-0.15, -0.1) is 11.3 Å². The van der Waals surface area contributed by atoms with Crippen molar-refractivity contribution in [1.82, 2.24) is 15.3 Å². The quantitative estimate of drug-likeness (QED) is 0.621. The Morgan fingerprint density at radius 3 is 2.96 bits per heavy atom. The molecule has 0 bridgehead atoms. The van der Waals surface area contributed by atoms with Crippen LogP contribution in [0.25, 0.3) is 10.2 Å². The van der Waals surface area contributed by atoms with Gasteiger partial charge in [0.1, 0.15) is 11.4 Å². The predicted octanol–water partition coefficient (Wildman–Crippen LogP) is 2.88. The molecule has 0 aliphatic heterocycles.